The third-order valence-corrected chi connectivity index (χ3v) is 5.76. The van der Waals surface area contributed by atoms with Gasteiger partial charge in [-0.1, -0.05) is 0 Å². The van der Waals surface area contributed by atoms with Gasteiger partial charge in [0.25, 0.3) is 0 Å². The number of furan rings is 1. The van der Waals surface area contributed by atoms with Crippen molar-refractivity contribution in [2.45, 2.75) is 17.9 Å². The van der Waals surface area contributed by atoms with Crippen LogP contribution in [-0.2, 0) is 14.8 Å². The quantitative estimate of drug-likeness (QED) is 0.734. The lowest BCUT2D eigenvalue weighted by Gasteiger charge is -2.33. The second-order valence-corrected chi connectivity index (χ2v) is 7.82. The van der Waals surface area contributed by atoms with Gasteiger partial charge in [-0.15, -0.1) is 0 Å². The lowest BCUT2D eigenvalue weighted by molar-refractivity contribution is 0.0128. The molecule has 1 aliphatic heterocycles. The van der Waals surface area contributed by atoms with E-state index in [2.05, 4.69) is 9.62 Å². The number of hydrogen-bond acceptors (Lipinski definition) is 6. The second kappa shape index (κ2) is 8.83. The summed E-state index contributed by atoms with van der Waals surface area (Å²) >= 11 is 0. The molecule has 1 aromatic heterocycles. The highest BCUT2D eigenvalue weighted by molar-refractivity contribution is 7.89. The van der Waals surface area contributed by atoms with Crippen molar-refractivity contribution in [3.8, 4) is 5.75 Å². The molecule has 1 unspecified atom stereocenters. The lowest BCUT2D eigenvalue weighted by atomic mass is 10.2. The first-order valence-corrected chi connectivity index (χ1v) is 10.3. The van der Waals surface area contributed by atoms with Gasteiger partial charge in [-0.3, -0.25) is 4.90 Å². The summed E-state index contributed by atoms with van der Waals surface area (Å²) in [7, 11) is -3.88. The zero-order valence-corrected chi connectivity index (χ0v) is 15.9. The summed E-state index contributed by atoms with van der Waals surface area (Å²) in [5, 5.41) is 0. The highest BCUT2D eigenvalue weighted by Gasteiger charge is 2.27. The minimum absolute atomic E-state index is 0.0261. The number of ether oxygens (including phenoxy) is 2. The van der Waals surface area contributed by atoms with Crippen LogP contribution in [0.2, 0.25) is 0 Å². The molecule has 0 amide bonds. The standard InChI is InChI=1S/C18H23FN2O5S/c1-2-25-17-6-5-14(12-15(17)19)27(22,23)20-13-16(18-4-3-9-26-18)21-7-10-24-11-8-21/h3-6,9,12,16,20H,2,7-8,10-11,13H2,1H3. The highest BCUT2D eigenvalue weighted by atomic mass is 32.2. The zero-order valence-electron chi connectivity index (χ0n) is 15.1. The molecule has 0 bridgehead atoms. The SMILES string of the molecule is CCOc1ccc(S(=O)(=O)NCC(c2ccco2)N2CCOCC2)cc1F. The highest BCUT2D eigenvalue weighted by Crippen LogP contribution is 2.24. The molecule has 1 N–H and O–H groups in total. The summed E-state index contributed by atoms with van der Waals surface area (Å²) < 4.78 is 57.8. The van der Waals surface area contributed by atoms with Gasteiger partial charge in [0, 0.05) is 19.6 Å². The second-order valence-electron chi connectivity index (χ2n) is 6.06. The number of benzene rings is 1. The lowest BCUT2D eigenvalue weighted by Crippen LogP contribution is -2.43. The van der Waals surface area contributed by atoms with E-state index in [4.69, 9.17) is 13.9 Å². The molecule has 148 valence electrons. The molecular formula is C18H23FN2O5S. The summed E-state index contributed by atoms with van der Waals surface area (Å²) in [5.41, 5.74) is 0. The largest absolute Gasteiger partial charge is 0.491 e. The van der Waals surface area contributed by atoms with E-state index in [1.807, 2.05) is 6.07 Å². The molecule has 1 saturated heterocycles. The Bertz CT molecular complexity index is 835. The predicted octanol–water partition coefficient (Wildman–Crippen LogP) is 2.17. The summed E-state index contributed by atoms with van der Waals surface area (Å²) in [6, 6.07) is 6.91. The van der Waals surface area contributed by atoms with E-state index < -0.39 is 15.8 Å². The Kier molecular flexibility index (Phi) is 6.48. The first-order chi connectivity index (χ1) is 13.0. The zero-order chi connectivity index (χ0) is 19.3. The molecule has 0 aliphatic carbocycles. The van der Waals surface area contributed by atoms with Gasteiger partial charge in [0.2, 0.25) is 10.0 Å². The van der Waals surface area contributed by atoms with Crippen molar-refractivity contribution in [2.75, 3.05) is 39.5 Å². The Morgan fingerprint density at radius 2 is 2.07 bits per heavy atom. The number of nitrogens with one attached hydrogen (secondary N) is 1. The maximum Gasteiger partial charge on any atom is 0.240 e. The van der Waals surface area contributed by atoms with E-state index >= 15 is 0 Å². The van der Waals surface area contributed by atoms with Crippen molar-refractivity contribution in [3.05, 3.63) is 48.2 Å². The van der Waals surface area contributed by atoms with Crippen LogP contribution in [0.5, 0.6) is 5.75 Å². The first-order valence-electron chi connectivity index (χ1n) is 8.78. The van der Waals surface area contributed by atoms with Gasteiger partial charge in [0.1, 0.15) is 5.76 Å². The van der Waals surface area contributed by atoms with Gasteiger partial charge >= 0.3 is 0 Å². The van der Waals surface area contributed by atoms with Crippen LogP contribution < -0.4 is 9.46 Å². The molecule has 1 atom stereocenters. The summed E-state index contributed by atoms with van der Waals surface area (Å²) in [6.45, 7) is 4.63. The molecule has 9 heteroatoms. The minimum atomic E-state index is -3.88. The number of morpholine rings is 1. The van der Waals surface area contributed by atoms with E-state index in [-0.39, 0.29) is 23.2 Å². The topological polar surface area (TPSA) is 81.0 Å². The molecule has 0 spiro atoms. The summed E-state index contributed by atoms with van der Waals surface area (Å²) in [4.78, 5) is 1.95. The van der Waals surface area contributed by atoms with Gasteiger partial charge < -0.3 is 13.9 Å². The Balaban J connectivity index is 1.74. The number of rotatable bonds is 8. The molecule has 0 radical (unpaired) electrons. The monoisotopic (exact) mass is 398 g/mol. The smallest absolute Gasteiger partial charge is 0.240 e. The average Bonchev–Trinajstić information content (AvgIpc) is 3.19. The summed E-state index contributed by atoms with van der Waals surface area (Å²) in [6.07, 6.45) is 1.55. The maximum atomic E-state index is 14.0. The van der Waals surface area contributed by atoms with Crippen LogP contribution in [0, 0.1) is 5.82 Å². The normalized spacial score (nSPS) is 17.0. The van der Waals surface area contributed by atoms with Crippen molar-refractivity contribution in [1.29, 1.82) is 0 Å². The molecule has 2 aromatic rings. The van der Waals surface area contributed by atoms with Gasteiger partial charge in [-0.05, 0) is 37.3 Å². The third-order valence-electron chi connectivity index (χ3n) is 4.34. The van der Waals surface area contributed by atoms with Crippen LogP contribution in [0.25, 0.3) is 0 Å². The van der Waals surface area contributed by atoms with E-state index in [0.717, 1.165) is 6.07 Å². The molecule has 2 heterocycles. The van der Waals surface area contributed by atoms with Crippen LogP contribution in [0.1, 0.15) is 18.7 Å². The van der Waals surface area contributed by atoms with Gasteiger partial charge in [0.15, 0.2) is 11.6 Å². The number of halogens is 1. The van der Waals surface area contributed by atoms with Crippen LogP contribution in [-0.4, -0.2) is 52.8 Å². The number of hydrogen-bond donors (Lipinski definition) is 1. The summed E-state index contributed by atoms with van der Waals surface area (Å²) in [5.74, 6) is -0.0220. The molecule has 3 rings (SSSR count). The first kappa shape index (κ1) is 19.8. The van der Waals surface area contributed by atoms with Crippen LogP contribution >= 0.6 is 0 Å². The molecule has 1 aromatic carbocycles. The van der Waals surface area contributed by atoms with Crippen LogP contribution in [0.3, 0.4) is 0 Å². The maximum absolute atomic E-state index is 14.0. The van der Waals surface area contributed by atoms with Gasteiger partial charge in [0.05, 0.1) is 37.0 Å². The predicted molar refractivity (Wildman–Crippen MR) is 96.6 cm³/mol. The van der Waals surface area contributed by atoms with E-state index in [1.165, 1.54) is 12.1 Å². The van der Waals surface area contributed by atoms with Crippen molar-refractivity contribution >= 4 is 10.0 Å². The molecular weight excluding hydrogens is 375 g/mol. The van der Waals surface area contributed by atoms with Crippen molar-refractivity contribution in [3.63, 3.8) is 0 Å². The Hall–Kier alpha value is -1.94. The van der Waals surface area contributed by atoms with E-state index in [0.29, 0.717) is 38.7 Å². The van der Waals surface area contributed by atoms with E-state index in [9.17, 15) is 12.8 Å². The molecule has 1 fully saturated rings. The van der Waals surface area contributed by atoms with Gasteiger partial charge in [-0.2, -0.15) is 0 Å². The van der Waals surface area contributed by atoms with Crippen LogP contribution in [0.15, 0.2) is 45.9 Å². The molecule has 7 nitrogen and oxygen atoms in total. The fourth-order valence-corrected chi connectivity index (χ4v) is 4.02. The third kappa shape index (κ3) is 4.86. The molecule has 1 aliphatic rings. The van der Waals surface area contributed by atoms with Gasteiger partial charge in [-0.25, -0.2) is 17.5 Å². The fourth-order valence-electron chi connectivity index (χ4n) is 2.97. The van der Waals surface area contributed by atoms with Crippen molar-refractivity contribution in [1.82, 2.24) is 9.62 Å². The van der Waals surface area contributed by atoms with Crippen molar-refractivity contribution in [2.24, 2.45) is 0 Å². The number of sulfonamides is 1. The Morgan fingerprint density at radius 1 is 1.30 bits per heavy atom. The Labute approximate surface area is 158 Å². The molecule has 27 heavy (non-hydrogen) atoms. The fraction of sp³-hybridized carbons (Fsp3) is 0.444. The van der Waals surface area contributed by atoms with E-state index in [1.54, 1.807) is 19.3 Å². The number of nitrogens with zero attached hydrogens (tertiary/aromatic N) is 1. The minimum Gasteiger partial charge on any atom is -0.491 e. The van der Waals surface area contributed by atoms with Crippen LogP contribution in [0.4, 0.5) is 4.39 Å². The molecule has 0 saturated carbocycles. The Morgan fingerprint density at radius 3 is 2.70 bits per heavy atom. The van der Waals surface area contributed by atoms with Crippen molar-refractivity contribution < 1.29 is 26.7 Å². The average molecular weight is 398 g/mol.